The number of thiophene rings is 1. The lowest BCUT2D eigenvalue weighted by Gasteiger charge is -2.22. The number of amidine groups is 2. The van der Waals surface area contributed by atoms with Crippen LogP contribution in [-0.4, -0.2) is 11.7 Å². The van der Waals surface area contributed by atoms with Crippen molar-refractivity contribution in [1.29, 1.82) is 0 Å². The van der Waals surface area contributed by atoms with Crippen molar-refractivity contribution in [3.8, 4) is 33.4 Å². The zero-order chi connectivity index (χ0) is 30.9. The van der Waals surface area contributed by atoms with E-state index in [1.54, 1.807) is 0 Å². The van der Waals surface area contributed by atoms with Gasteiger partial charge in [0.1, 0.15) is 11.7 Å². The van der Waals surface area contributed by atoms with Crippen LogP contribution in [0.15, 0.2) is 162 Å². The second-order valence-corrected chi connectivity index (χ2v) is 13.3. The van der Waals surface area contributed by atoms with Gasteiger partial charge in [0, 0.05) is 31.3 Å². The first-order valence-corrected chi connectivity index (χ1v) is 16.8. The van der Waals surface area contributed by atoms with E-state index in [1.807, 2.05) is 47.7 Å². The second-order valence-electron chi connectivity index (χ2n) is 12.2. The lowest BCUT2D eigenvalue weighted by Crippen LogP contribution is -2.35. The number of hydrogen-bond donors (Lipinski definition) is 1. The summed E-state index contributed by atoms with van der Waals surface area (Å²) in [6.07, 6.45) is -0.375. The molecule has 0 bridgehead atoms. The van der Waals surface area contributed by atoms with Crippen molar-refractivity contribution >= 4 is 54.0 Å². The summed E-state index contributed by atoms with van der Waals surface area (Å²) in [6.45, 7) is 0. The molecule has 0 saturated carbocycles. The molecule has 0 radical (unpaired) electrons. The first-order chi connectivity index (χ1) is 23.3. The molecule has 10 rings (SSSR count). The van der Waals surface area contributed by atoms with Crippen molar-refractivity contribution in [2.24, 2.45) is 9.98 Å². The van der Waals surface area contributed by atoms with Crippen LogP contribution in [0, 0.1) is 0 Å². The highest BCUT2D eigenvalue weighted by Crippen LogP contribution is 2.51. The topological polar surface area (TPSA) is 36.8 Å². The molecule has 8 aromatic rings. The molecule has 3 nitrogen and oxygen atoms in total. The highest BCUT2D eigenvalue weighted by Gasteiger charge is 2.24. The van der Waals surface area contributed by atoms with E-state index < -0.39 is 0 Å². The smallest absolute Gasteiger partial charge is 0.169 e. The molecule has 47 heavy (non-hydrogen) atoms. The van der Waals surface area contributed by atoms with Gasteiger partial charge in [-0.25, -0.2) is 9.98 Å². The highest BCUT2D eigenvalue weighted by atomic mass is 32.1. The maximum atomic E-state index is 5.14. The fraction of sp³-hybridized carbons (Fsp3) is 0.0233. The molecule has 2 aliphatic rings. The fourth-order valence-electron chi connectivity index (χ4n) is 7.29. The molecule has 1 aliphatic heterocycles. The lowest BCUT2D eigenvalue weighted by atomic mass is 9.92. The summed E-state index contributed by atoms with van der Waals surface area (Å²) >= 11 is 1.89. The summed E-state index contributed by atoms with van der Waals surface area (Å²) in [5.74, 6) is 1.65. The van der Waals surface area contributed by atoms with E-state index in [4.69, 9.17) is 9.98 Å². The van der Waals surface area contributed by atoms with Gasteiger partial charge >= 0.3 is 0 Å². The van der Waals surface area contributed by atoms with Crippen LogP contribution in [0.1, 0.15) is 22.9 Å². The van der Waals surface area contributed by atoms with Gasteiger partial charge in [-0.15, -0.1) is 11.3 Å². The highest BCUT2D eigenvalue weighted by molar-refractivity contribution is 7.26. The average Bonchev–Trinajstić information content (AvgIpc) is 3.48. The normalized spacial score (nSPS) is 13.9. The molecule has 7 aromatic carbocycles. The van der Waals surface area contributed by atoms with Crippen molar-refractivity contribution < 1.29 is 0 Å². The van der Waals surface area contributed by atoms with E-state index in [-0.39, 0.29) is 6.17 Å². The van der Waals surface area contributed by atoms with Crippen molar-refractivity contribution in [3.05, 3.63) is 168 Å². The molecule has 0 spiro atoms. The Morgan fingerprint density at radius 3 is 1.81 bits per heavy atom. The van der Waals surface area contributed by atoms with Gasteiger partial charge in [0.25, 0.3) is 0 Å². The number of fused-ring (bicyclic) bond motifs is 3. The number of nitrogens with zero attached hydrogens (tertiary/aromatic N) is 2. The van der Waals surface area contributed by atoms with Crippen LogP contribution in [0.2, 0.25) is 0 Å². The minimum atomic E-state index is -0.375. The lowest BCUT2D eigenvalue weighted by molar-refractivity contribution is 0.756. The predicted molar refractivity (Wildman–Crippen MR) is 199 cm³/mol. The number of aliphatic imine (C=N–C) groups is 2. The minimum absolute atomic E-state index is 0.375. The van der Waals surface area contributed by atoms with Crippen molar-refractivity contribution in [2.75, 3.05) is 0 Å². The summed E-state index contributed by atoms with van der Waals surface area (Å²) in [7, 11) is 0. The molecule has 1 aliphatic carbocycles. The first kappa shape index (κ1) is 26.4. The number of benzene rings is 7. The van der Waals surface area contributed by atoms with Crippen LogP contribution in [-0.2, 0) is 0 Å². The summed E-state index contributed by atoms with van der Waals surface area (Å²) in [5.41, 5.74) is 10.7. The van der Waals surface area contributed by atoms with Crippen LogP contribution in [0.4, 0.5) is 0 Å². The molecule has 0 unspecified atom stereocenters. The SMILES string of the molecule is c1ccc(C2=NC(c3cccc(-c4cc5c6c(c4)sc4ccc7cccc(c7c46)-c4ccccc4-5)c3)N=C(c3ccccc3)N2)cc1. The van der Waals surface area contributed by atoms with E-state index in [1.165, 1.54) is 58.8 Å². The summed E-state index contributed by atoms with van der Waals surface area (Å²) in [5, 5.41) is 8.91. The third kappa shape index (κ3) is 4.19. The minimum Gasteiger partial charge on any atom is -0.324 e. The summed E-state index contributed by atoms with van der Waals surface area (Å²) < 4.78 is 2.65. The standard InChI is InChI=1S/C43H27N3S/c1-3-11-27(12-4-1)41-44-42(28-13-5-2-6-14-28)46-43(45-41)30-17-9-16-29(23-30)31-24-35-33-19-8-7-18-32(33)34-20-10-15-26-21-22-36-40(38(26)34)39(35)37(25-31)47-36/h1-25,43H,(H,44,45,46). The predicted octanol–water partition coefficient (Wildman–Crippen LogP) is 11.0. The second kappa shape index (κ2) is 10.3. The first-order valence-electron chi connectivity index (χ1n) is 15.9. The fourth-order valence-corrected chi connectivity index (χ4v) is 8.46. The Morgan fingerprint density at radius 2 is 1.06 bits per heavy atom. The number of rotatable bonds is 4. The van der Waals surface area contributed by atoms with E-state index in [0.29, 0.717) is 0 Å². The zero-order valence-electron chi connectivity index (χ0n) is 25.3. The van der Waals surface area contributed by atoms with Gasteiger partial charge in [0.05, 0.1) is 0 Å². The molecule has 0 atom stereocenters. The van der Waals surface area contributed by atoms with Crippen LogP contribution in [0.3, 0.4) is 0 Å². The Hall–Kier alpha value is -5.84. The van der Waals surface area contributed by atoms with Gasteiger partial charge in [-0.2, -0.15) is 0 Å². The Balaban J connectivity index is 1.16. The van der Waals surface area contributed by atoms with E-state index in [0.717, 1.165) is 33.9 Å². The van der Waals surface area contributed by atoms with Gasteiger partial charge < -0.3 is 5.32 Å². The molecular formula is C43H27N3S. The van der Waals surface area contributed by atoms with E-state index >= 15 is 0 Å². The maximum absolute atomic E-state index is 5.14. The van der Waals surface area contributed by atoms with E-state index in [2.05, 4.69) is 121 Å². The van der Waals surface area contributed by atoms with Gasteiger partial charge in [0.15, 0.2) is 6.17 Å². The van der Waals surface area contributed by atoms with Crippen molar-refractivity contribution in [2.45, 2.75) is 6.17 Å². The molecule has 1 N–H and O–H groups in total. The zero-order valence-corrected chi connectivity index (χ0v) is 26.1. The largest absolute Gasteiger partial charge is 0.324 e. The molecule has 1 aromatic heterocycles. The molecule has 0 amide bonds. The molecule has 0 fully saturated rings. The van der Waals surface area contributed by atoms with Gasteiger partial charge in [-0.3, -0.25) is 0 Å². The molecule has 2 heterocycles. The third-order valence-corrected chi connectivity index (χ3v) is 10.5. The van der Waals surface area contributed by atoms with Gasteiger partial charge in [-0.1, -0.05) is 127 Å². The Bertz CT molecular complexity index is 2540. The Labute approximate surface area is 276 Å². The van der Waals surface area contributed by atoms with Crippen LogP contribution >= 0.6 is 11.3 Å². The maximum Gasteiger partial charge on any atom is 0.169 e. The molecule has 4 heteroatoms. The Kier molecular flexibility index (Phi) is 5.81. The molecular weight excluding hydrogens is 591 g/mol. The van der Waals surface area contributed by atoms with Gasteiger partial charge in [0.2, 0.25) is 0 Å². The van der Waals surface area contributed by atoms with E-state index in [9.17, 15) is 0 Å². The summed E-state index contributed by atoms with van der Waals surface area (Å²) in [6, 6.07) is 54.3. The van der Waals surface area contributed by atoms with Crippen LogP contribution in [0.5, 0.6) is 0 Å². The average molecular weight is 618 g/mol. The third-order valence-electron chi connectivity index (χ3n) is 9.44. The molecule has 0 saturated heterocycles. The van der Waals surface area contributed by atoms with Crippen molar-refractivity contribution in [3.63, 3.8) is 0 Å². The monoisotopic (exact) mass is 617 g/mol. The van der Waals surface area contributed by atoms with Crippen LogP contribution in [0.25, 0.3) is 64.3 Å². The van der Waals surface area contributed by atoms with Gasteiger partial charge in [-0.05, 0) is 74.0 Å². The summed E-state index contributed by atoms with van der Waals surface area (Å²) in [4.78, 5) is 10.3. The van der Waals surface area contributed by atoms with Crippen LogP contribution < -0.4 is 5.32 Å². The molecule has 220 valence electrons. The quantitative estimate of drug-likeness (QED) is 0.210. The van der Waals surface area contributed by atoms with Crippen molar-refractivity contribution in [1.82, 2.24) is 5.32 Å². The number of nitrogens with one attached hydrogen (secondary N) is 1. The number of hydrogen-bond acceptors (Lipinski definition) is 4. The Morgan fingerprint density at radius 1 is 0.426 bits per heavy atom.